The summed E-state index contributed by atoms with van der Waals surface area (Å²) in [5.41, 5.74) is 4.81. The van der Waals surface area contributed by atoms with Crippen LogP contribution in [0.2, 0.25) is 0 Å². The molecule has 0 aliphatic heterocycles. The third-order valence-corrected chi connectivity index (χ3v) is 2.33. The summed E-state index contributed by atoms with van der Waals surface area (Å²) in [5, 5.41) is 19.7. The van der Waals surface area contributed by atoms with Crippen molar-refractivity contribution < 1.29 is 24.3 Å². The zero-order valence-corrected chi connectivity index (χ0v) is 9.75. The Bertz CT molecular complexity index is 488. The van der Waals surface area contributed by atoms with Gasteiger partial charge in [-0.2, -0.15) is 0 Å². The molecule has 1 rings (SSSR count). The number of nitrogens with zero attached hydrogens (tertiary/aromatic N) is 1. The highest BCUT2D eigenvalue weighted by Crippen LogP contribution is 2.36. The summed E-state index contributed by atoms with van der Waals surface area (Å²) < 4.78 is 9.85. The van der Waals surface area contributed by atoms with E-state index in [1.165, 1.54) is 20.3 Å². The number of carboxylic acids is 1. The Morgan fingerprint density at radius 3 is 2.28 bits per heavy atom. The molecule has 0 fully saturated rings. The standard InChI is InChI=1S/C10H12N2O6/c1-17-7-3-5(9(11)10(13)14)6(12(15)16)4-8(7)18-2/h3-4,9H,11H2,1-2H3,(H,13,14)/t9-/m0/s1. The predicted octanol–water partition coefficient (Wildman–Crippen LogP) is 0.696. The number of aliphatic carboxylic acids is 1. The van der Waals surface area contributed by atoms with Crippen LogP contribution < -0.4 is 15.2 Å². The zero-order valence-electron chi connectivity index (χ0n) is 9.75. The van der Waals surface area contributed by atoms with E-state index in [9.17, 15) is 14.9 Å². The van der Waals surface area contributed by atoms with Gasteiger partial charge in [0.15, 0.2) is 11.5 Å². The molecule has 0 unspecified atom stereocenters. The molecule has 0 spiro atoms. The van der Waals surface area contributed by atoms with Gasteiger partial charge in [-0.15, -0.1) is 0 Å². The van der Waals surface area contributed by atoms with Crippen LogP contribution in [0, 0.1) is 10.1 Å². The van der Waals surface area contributed by atoms with Crippen LogP contribution in [-0.4, -0.2) is 30.2 Å². The number of hydrogen-bond acceptors (Lipinski definition) is 6. The van der Waals surface area contributed by atoms with Crippen molar-refractivity contribution in [2.24, 2.45) is 5.73 Å². The van der Waals surface area contributed by atoms with Crippen LogP contribution in [0.1, 0.15) is 11.6 Å². The topological polar surface area (TPSA) is 125 Å². The summed E-state index contributed by atoms with van der Waals surface area (Å²) in [6, 6.07) is 0.761. The first-order chi connectivity index (χ1) is 8.42. The minimum atomic E-state index is -1.51. The average molecular weight is 256 g/mol. The molecule has 0 amide bonds. The van der Waals surface area contributed by atoms with Crippen molar-refractivity contribution >= 4 is 11.7 Å². The molecule has 18 heavy (non-hydrogen) atoms. The fourth-order valence-corrected chi connectivity index (χ4v) is 1.42. The Morgan fingerprint density at radius 1 is 1.39 bits per heavy atom. The number of nitrogens with two attached hydrogens (primary N) is 1. The smallest absolute Gasteiger partial charge is 0.325 e. The van der Waals surface area contributed by atoms with Crippen molar-refractivity contribution in [2.45, 2.75) is 6.04 Å². The van der Waals surface area contributed by atoms with Crippen LogP contribution in [0.5, 0.6) is 11.5 Å². The van der Waals surface area contributed by atoms with E-state index < -0.39 is 22.6 Å². The highest BCUT2D eigenvalue weighted by molar-refractivity contribution is 5.78. The summed E-state index contributed by atoms with van der Waals surface area (Å²) in [5.74, 6) is -1.06. The molecular weight excluding hydrogens is 244 g/mol. The first kappa shape index (κ1) is 13.7. The van der Waals surface area contributed by atoms with E-state index in [0.717, 1.165) is 6.07 Å². The van der Waals surface area contributed by atoms with Gasteiger partial charge in [0.25, 0.3) is 5.69 Å². The maximum atomic E-state index is 10.9. The van der Waals surface area contributed by atoms with E-state index in [-0.39, 0.29) is 17.1 Å². The maximum absolute atomic E-state index is 10.9. The molecule has 0 aliphatic rings. The maximum Gasteiger partial charge on any atom is 0.325 e. The fourth-order valence-electron chi connectivity index (χ4n) is 1.42. The van der Waals surface area contributed by atoms with Crippen LogP contribution in [0.3, 0.4) is 0 Å². The van der Waals surface area contributed by atoms with Gasteiger partial charge in [-0.1, -0.05) is 0 Å². The van der Waals surface area contributed by atoms with Crippen molar-refractivity contribution in [3.05, 3.63) is 27.8 Å². The average Bonchev–Trinajstić information content (AvgIpc) is 2.35. The monoisotopic (exact) mass is 256 g/mol. The van der Waals surface area contributed by atoms with Gasteiger partial charge in [0.05, 0.1) is 30.8 Å². The number of rotatable bonds is 5. The lowest BCUT2D eigenvalue weighted by atomic mass is 10.0. The summed E-state index contributed by atoms with van der Waals surface area (Å²) in [6.07, 6.45) is 0. The highest BCUT2D eigenvalue weighted by Gasteiger charge is 2.27. The normalized spacial score (nSPS) is 11.7. The molecule has 0 saturated heterocycles. The quantitative estimate of drug-likeness (QED) is 0.586. The number of methoxy groups -OCH3 is 2. The summed E-state index contributed by atoms with van der Waals surface area (Å²) in [6.45, 7) is 0. The molecule has 0 radical (unpaired) electrons. The Morgan fingerprint density at radius 2 is 1.89 bits per heavy atom. The van der Waals surface area contributed by atoms with E-state index in [2.05, 4.69) is 0 Å². The van der Waals surface area contributed by atoms with Crippen LogP contribution >= 0.6 is 0 Å². The zero-order chi connectivity index (χ0) is 13.9. The number of nitro groups is 1. The summed E-state index contributed by atoms with van der Waals surface area (Å²) >= 11 is 0. The van der Waals surface area contributed by atoms with Crippen LogP contribution in [-0.2, 0) is 4.79 Å². The Balaban J connectivity index is 3.47. The summed E-state index contributed by atoms with van der Waals surface area (Å²) in [7, 11) is 2.65. The second-order valence-electron chi connectivity index (χ2n) is 3.34. The first-order valence-electron chi connectivity index (χ1n) is 4.81. The lowest BCUT2D eigenvalue weighted by Crippen LogP contribution is -2.21. The molecule has 0 saturated carbocycles. The molecule has 0 bridgehead atoms. The SMILES string of the molecule is COc1cc([C@H](N)C(=O)O)c([N+](=O)[O-])cc1OC. The van der Waals surface area contributed by atoms with Crippen LogP contribution in [0.4, 0.5) is 5.69 Å². The third-order valence-electron chi connectivity index (χ3n) is 2.33. The summed E-state index contributed by atoms with van der Waals surface area (Å²) in [4.78, 5) is 21.0. The van der Waals surface area contributed by atoms with Crippen LogP contribution in [0.15, 0.2) is 12.1 Å². The van der Waals surface area contributed by atoms with E-state index in [4.69, 9.17) is 20.3 Å². The van der Waals surface area contributed by atoms with Gasteiger partial charge in [0.1, 0.15) is 6.04 Å². The number of carbonyl (C=O) groups is 1. The van der Waals surface area contributed by atoms with Gasteiger partial charge in [-0.25, -0.2) is 0 Å². The minimum absolute atomic E-state index is 0.130. The first-order valence-corrected chi connectivity index (χ1v) is 4.81. The van der Waals surface area contributed by atoms with Crippen molar-refractivity contribution in [2.75, 3.05) is 14.2 Å². The molecule has 0 aromatic heterocycles. The lowest BCUT2D eigenvalue weighted by molar-refractivity contribution is -0.385. The van der Waals surface area contributed by atoms with Gasteiger partial charge in [-0.3, -0.25) is 14.9 Å². The van der Waals surface area contributed by atoms with Gasteiger partial charge < -0.3 is 20.3 Å². The van der Waals surface area contributed by atoms with Gasteiger partial charge >= 0.3 is 5.97 Å². The second kappa shape index (κ2) is 5.32. The molecule has 1 atom stereocenters. The van der Waals surface area contributed by atoms with Gasteiger partial charge in [0.2, 0.25) is 0 Å². The predicted molar refractivity (Wildman–Crippen MR) is 60.8 cm³/mol. The molecule has 1 aromatic rings. The highest BCUT2D eigenvalue weighted by atomic mass is 16.6. The van der Waals surface area contributed by atoms with Crippen molar-refractivity contribution in [1.29, 1.82) is 0 Å². The molecular formula is C10H12N2O6. The van der Waals surface area contributed by atoms with E-state index in [1.54, 1.807) is 0 Å². The Hall–Kier alpha value is -2.35. The minimum Gasteiger partial charge on any atom is -0.493 e. The molecule has 0 aliphatic carbocycles. The number of nitro benzene ring substituents is 1. The van der Waals surface area contributed by atoms with E-state index >= 15 is 0 Å². The van der Waals surface area contributed by atoms with Gasteiger partial charge in [0, 0.05) is 0 Å². The van der Waals surface area contributed by atoms with E-state index in [0.29, 0.717) is 0 Å². The third kappa shape index (κ3) is 2.48. The van der Waals surface area contributed by atoms with Crippen molar-refractivity contribution in [3.63, 3.8) is 0 Å². The second-order valence-corrected chi connectivity index (χ2v) is 3.34. The number of benzene rings is 1. The molecule has 0 heterocycles. The number of ether oxygens (including phenoxy) is 2. The van der Waals surface area contributed by atoms with Crippen LogP contribution in [0.25, 0.3) is 0 Å². The number of carboxylic acid groups (broad SMARTS) is 1. The number of hydrogen-bond donors (Lipinski definition) is 2. The fraction of sp³-hybridized carbons (Fsp3) is 0.300. The molecule has 3 N–H and O–H groups in total. The molecule has 1 aromatic carbocycles. The Labute approximate surface area is 102 Å². The molecule has 8 nitrogen and oxygen atoms in total. The van der Waals surface area contributed by atoms with Gasteiger partial charge in [-0.05, 0) is 6.07 Å². The Kier molecular flexibility index (Phi) is 4.05. The molecule has 8 heteroatoms. The lowest BCUT2D eigenvalue weighted by Gasteiger charge is -2.12. The van der Waals surface area contributed by atoms with Crippen molar-refractivity contribution in [3.8, 4) is 11.5 Å². The molecule has 98 valence electrons. The largest absolute Gasteiger partial charge is 0.493 e. The van der Waals surface area contributed by atoms with Crippen molar-refractivity contribution in [1.82, 2.24) is 0 Å². The van der Waals surface area contributed by atoms with E-state index in [1.807, 2.05) is 0 Å².